The van der Waals surface area contributed by atoms with Gasteiger partial charge in [0.05, 0.1) is 11.3 Å². The number of rotatable bonds is 4. The highest BCUT2D eigenvalue weighted by molar-refractivity contribution is 5.90. The SMILES string of the molecule is C[C@]1(C(N)=O)COc2c1cc([C@@](O)(CN)C(F)(F)F)nc2-c1ccc(F)c(C(F)(F)F)c1. The number of nitrogens with two attached hydrogens (primary N) is 2. The van der Waals surface area contributed by atoms with Gasteiger partial charge in [0.1, 0.15) is 29.3 Å². The predicted molar refractivity (Wildman–Crippen MR) is 95.7 cm³/mol. The van der Waals surface area contributed by atoms with Gasteiger partial charge >= 0.3 is 12.4 Å². The van der Waals surface area contributed by atoms with E-state index in [-0.39, 0.29) is 11.3 Å². The number of carbonyl (C=O) groups is 1. The number of carbonyl (C=O) groups excluding carboxylic acids is 1. The molecule has 2 heterocycles. The molecule has 0 fully saturated rings. The van der Waals surface area contributed by atoms with Crippen LogP contribution < -0.4 is 16.2 Å². The molecule has 1 aliphatic rings. The Morgan fingerprint density at radius 3 is 2.34 bits per heavy atom. The van der Waals surface area contributed by atoms with Gasteiger partial charge in [-0.25, -0.2) is 9.37 Å². The van der Waals surface area contributed by atoms with Crippen molar-refractivity contribution < 1.29 is 45.4 Å². The summed E-state index contributed by atoms with van der Waals surface area (Å²) in [6.45, 7) is -0.584. The Bertz CT molecular complexity index is 1090. The van der Waals surface area contributed by atoms with Crippen molar-refractivity contribution in [3.05, 3.63) is 46.9 Å². The molecule has 1 aromatic carbocycles. The summed E-state index contributed by atoms with van der Waals surface area (Å²) < 4.78 is 99.4. The average molecular weight is 467 g/mol. The lowest BCUT2D eigenvalue weighted by molar-refractivity contribution is -0.263. The predicted octanol–water partition coefficient (Wildman–Crippen LogP) is 2.75. The van der Waals surface area contributed by atoms with Crippen LogP contribution in [0.15, 0.2) is 24.3 Å². The first-order chi connectivity index (χ1) is 14.6. The zero-order chi connectivity index (χ0) is 24.3. The zero-order valence-electron chi connectivity index (χ0n) is 16.2. The number of halogens is 7. The Hall–Kier alpha value is -2.93. The van der Waals surface area contributed by atoms with Gasteiger partial charge in [0.25, 0.3) is 0 Å². The summed E-state index contributed by atoms with van der Waals surface area (Å²) in [5.74, 6) is -2.94. The van der Waals surface area contributed by atoms with Crippen LogP contribution in [0.2, 0.25) is 0 Å². The van der Waals surface area contributed by atoms with Gasteiger partial charge in [-0.15, -0.1) is 0 Å². The van der Waals surface area contributed by atoms with Crippen molar-refractivity contribution in [1.29, 1.82) is 0 Å². The van der Waals surface area contributed by atoms with Gasteiger partial charge < -0.3 is 21.3 Å². The van der Waals surface area contributed by atoms with E-state index in [4.69, 9.17) is 16.2 Å². The minimum Gasteiger partial charge on any atom is -0.489 e. The molecule has 1 amide bonds. The summed E-state index contributed by atoms with van der Waals surface area (Å²) in [4.78, 5) is 15.7. The molecule has 0 radical (unpaired) electrons. The summed E-state index contributed by atoms with van der Waals surface area (Å²) in [6.07, 6.45) is -10.4. The number of primary amides is 1. The molecule has 2 atom stereocenters. The Labute approximate surface area is 176 Å². The first-order valence-corrected chi connectivity index (χ1v) is 8.91. The highest BCUT2D eigenvalue weighted by Crippen LogP contribution is 2.48. The maximum atomic E-state index is 13.7. The van der Waals surface area contributed by atoms with Crippen LogP contribution in [0, 0.1) is 5.82 Å². The van der Waals surface area contributed by atoms with Crippen molar-refractivity contribution in [2.75, 3.05) is 13.2 Å². The quantitative estimate of drug-likeness (QED) is 0.599. The van der Waals surface area contributed by atoms with E-state index in [0.717, 1.165) is 12.1 Å². The number of aliphatic hydroxyl groups is 1. The van der Waals surface area contributed by atoms with Crippen LogP contribution in [-0.4, -0.2) is 35.3 Å². The normalized spacial score (nSPS) is 20.4. The van der Waals surface area contributed by atoms with Crippen LogP contribution in [-0.2, 0) is 22.0 Å². The minimum atomic E-state index is -5.33. The fraction of sp³-hybridized carbons (Fsp3) is 0.368. The molecule has 0 spiro atoms. The molecule has 13 heteroatoms. The smallest absolute Gasteiger partial charge is 0.424 e. The Morgan fingerprint density at radius 2 is 1.84 bits per heavy atom. The Morgan fingerprint density at radius 1 is 1.22 bits per heavy atom. The van der Waals surface area contributed by atoms with Crippen LogP contribution >= 0.6 is 0 Å². The first-order valence-electron chi connectivity index (χ1n) is 8.91. The van der Waals surface area contributed by atoms with E-state index < -0.39 is 70.8 Å². The van der Waals surface area contributed by atoms with E-state index in [1.54, 1.807) is 0 Å². The van der Waals surface area contributed by atoms with E-state index in [2.05, 4.69) is 4.98 Å². The molecule has 6 nitrogen and oxygen atoms in total. The largest absolute Gasteiger partial charge is 0.489 e. The molecule has 0 saturated heterocycles. The standard InChI is InChI=1S/C19H16F7N3O3/c1-16(15(28)30)7-32-14-10(16)5-12(17(31,6-27)19(24,25)26)29-13(14)8-2-3-11(20)9(4-8)18(21,22)23/h2-5,31H,6-7,27H2,1H3,(H2,28,30)/t16-,17-/m0/s1. The summed E-state index contributed by atoms with van der Waals surface area (Å²) in [6, 6.07) is 2.36. The second kappa shape index (κ2) is 7.30. The average Bonchev–Trinajstić information content (AvgIpc) is 3.03. The molecule has 3 rings (SSSR count). The summed E-state index contributed by atoms with van der Waals surface area (Å²) in [7, 11) is 0. The van der Waals surface area contributed by atoms with E-state index in [1.165, 1.54) is 6.92 Å². The van der Waals surface area contributed by atoms with Gasteiger partial charge in [-0.2, -0.15) is 26.3 Å². The Kier molecular flexibility index (Phi) is 5.42. The number of aromatic nitrogens is 1. The number of nitrogens with zero attached hydrogens (tertiary/aromatic N) is 1. The van der Waals surface area contributed by atoms with Crippen molar-refractivity contribution in [3.63, 3.8) is 0 Å². The number of hydrogen-bond acceptors (Lipinski definition) is 5. The number of pyridine rings is 1. The molecule has 0 aliphatic carbocycles. The van der Waals surface area contributed by atoms with Crippen molar-refractivity contribution in [2.24, 2.45) is 11.5 Å². The van der Waals surface area contributed by atoms with Crippen LogP contribution in [0.25, 0.3) is 11.3 Å². The first kappa shape index (κ1) is 23.7. The molecule has 174 valence electrons. The molecule has 32 heavy (non-hydrogen) atoms. The minimum absolute atomic E-state index is 0.237. The second-order valence-electron chi connectivity index (χ2n) is 7.47. The molecule has 5 N–H and O–H groups in total. The van der Waals surface area contributed by atoms with Crippen molar-refractivity contribution in [2.45, 2.75) is 30.3 Å². The monoisotopic (exact) mass is 467 g/mol. The van der Waals surface area contributed by atoms with Crippen molar-refractivity contribution in [1.82, 2.24) is 4.98 Å². The molecule has 0 saturated carbocycles. The number of fused-ring (bicyclic) bond motifs is 1. The fourth-order valence-corrected chi connectivity index (χ4v) is 3.25. The number of benzene rings is 1. The molecular formula is C19H16F7N3O3. The lowest BCUT2D eigenvalue weighted by atomic mass is 9.81. The van der Waals surface area contributed by atoms with Gasteiger partial charge in [-0.3, -0.25) is 4.79 Å². The van der Waals surface area contributed by atoms with E-state index in [9.17, 15) is 40.6 Å². The van der Waals surface area contributed by atoms with Crippen LogP contribution in [0.3, 0.4) is 0 Å². The summed E-state index contributed by atoms with van der Waals surface area (Å²) in [5.41, 5.74) is 1.07. The lowest BCUT2D eigenvalue weighted by Gasteiger charge is -2.30. The third-order valence-corrected chi connectivity index (χ3v) is 5.35. The molecular weight excluding hydrogens is 451 g/mol. The third kappa shape index (κ3) is 3.54. The summed E-state index contributed by atoms with van der Waals surface area (Å²) >= 11 is 0. The number of ether oxygens (including phenoxy) is 1. The van der Waals surface area contributed by atoms with E-state index in [1.807, 2.05) is 0 Å². The maximum absolute atomic E-state index is 13.7. The lowest BCUT2D eigenvalue weighted by Crippen LogP contribution is -2.49. The van der Waals surface area contributed by atoms with Gasteiger partial charge in [0.2, 0.25) is 11.5 Å². The fourth-order valence-electron chi connectivity index (χ4n) is 3.25. The molecule has 2 aromatic rings. The zero-order valence-corrected chi connectivity index (χ0v) is 16.2. The Balaban J connectivity index is 2.38. The third-order valence-electron chi connectivity index (χ3n) is 5.35. The molecule has 0 bridgehead atoms. The van der Waals surface area contributed by atoms with Crippen molar-refractivity contribution >= 4 is 5.91 Å². The van der Waals surface area contributed by atoms with Crippen LogP contribution in [0.1, 0.15) is 23.7 Å². The van der Waals surface area contributed by atoms with Gasteiger partial charge in [-0.05, 0) is 31.2 Å². The van der Waals surface area contributed by atoms with E-state index in [0.29, 0.717) is 12.1 Å². The van der Waals surface area contributed by atoms with E-state index >= 15 is 0 Å². The number of hydrogen-bond donors (Lipinski definition) is 3. The van der Waals surface area contributed by atoms with Gasteiger partial charge in [-0.1, -0.05) is 0 Å². The topological polar surface area (TPSA) is 111 Å². The number of alkyl halides is 6. The van der Waals surface area contributed by atoms with Crippen LogP contribution in [0.5, 0.6) is 5.75 Å². The maximum Gasteiger partial charge on any atom is 0.424 e. The number of amides is 1. The van der Waals surface area contributed by atoms with Crippen LogP contribution in [0.4, 0.5) is 30.7 Å². The molecule has 1 aliphatic heterocycles. The van der Waals surface area contributed by atoms with Gasteiger partial charge in [0, 0.05) is 17.7 Å². The van der Waals surface area contributed by atoms with Crippen molar-refractivity contribution in [3.8, 4) is 17.0 Å². The highest BCUT2D eigenvalue weighted by Gasteiger charge is 2.56. The molecule has 0 unspecified atom stereocenters. The highest BCUT2D eigenvalue weighted by atomic mass is 19.4. The second-order valence-corrected chi connectivity index (χ2v) is 7.47. The van der Waals surface area contributed by atoms with Gasteiger partial charge in [0.15, 0.2) is 0 Å². The summed E-state index contributed by atoms with van der Waals surface area (Å²) in [5, 5.41) is 10.3. The molecule has 1 aromatic heterocycles.